The molecule has 2 aromatic carbocycles. The third-order valence-electron chi connectivity index (χ3n) is 6.47. The average molecular weight is 551 g/mol. The van der Waals surface area contributed by atoms with Crippen LogP contribution in [0.1, 0.15) is 35.0 Å². The number of nitrogens with zero attached hydrogens (tertiary/aromatic N) is 1. The molecule has 40 heavy (non-hydrogen) atoms. The minimum atomic E-state index is -1.14. The van der Waals surface area contributed by atoms with Gasteiger partial charge < -0.3 is 34.1 Å². The van der Waals surface area contributed by atoms with E-state index in [1.807, 2.05) is 60.7 Å². The highest BCUT2D eigenvalue weighted by molar-refractivity contribution is 5.98. The first kappa shape index (κ1) is 29.0. The van der Waals surface area contributed by atoms with E-state index < -0.39 is 42.0 Å². The third-order valence-corrected chi connectivity index (χ3v) is 6.47. The van der Waals surface area contributed by atoms with E-state index in [1.165, 1.54) is 19.4 Å². The Balaban J connectivity index is 1.49. The molecule has 0 aliphatic carbocycles. The van der Waals surface area contributed by atoms with E-state index in [9.17, 15) is 14.7 Å². The molecule has 0 saturated carbocycles. The van der Waals surface area contributed by atoms with E-state index in [-0.39, 0.29) is 24.7 Å². The molecule has 212 valence electrons. The zero-order valence-corrected chi connectivity index (χ0v) is 22.5. The van der Waals surface area contributed by atoms with E-state index >= 15 is 0 Å². The van der Waals surface area contributed by atoms with Crippen LogP contribution in [0.25, 0.3) is 0 Å². The second-order valence-corrected chi connectivity index (χ2v) is 9.34. The number of rotatable bonds is 9. The molecule has 1 fully saturated rings. The second kappa shape index (κ2) is 14.4. The summed E-state index contributed by atoms with van der Waals surface area (Å²) >= 11 is 0. The fourth-order valence-electron chi connectivity index (χ4n) is 4.33. The summed E-state index contributed by atoms with van der Waals surface area (Å²) < 4.78 is 29.2. The zero-order valence-electron chi connectivity index (χ0n) is 22.5. The molecule has 10 nitrogen and oxygen atoms in total. The van der Waals surface area contributed by atoms with Gasteiger partial charge in [0.2, 0.25) is 0 Å². The predicted octanol–water partition coefficient (Wildman–Crippen LogP) is 3.42. The molecule has 2 heterocycles. The Bertz CT molecular complexity index is 1240. The Morgan fingerprint density at radius 1 is 1.02 bits per heavy atom. The van der Waals surface area contributed by atoms with Crippen molar-refractivity contribution >= 4 is 11.9 Å². The van der Waals surface area contributed by atoms with Crippen LogP contribution in [0.3, 0.4) is 0 Å². The maximum absolute atomic E-state index is 13.2. The molecule has 4 rings (SSSR count). The largest absolute Gasteiger partial charge is 0.503 e. The molecular formula is C30H34N2O8. The number of carbonyl (C=O) groups is 2. The molecule has 0 unspecified atom stereocenters. The molecule has 4 atom stereocenters. The number of cyclic esters (lactones) is 1. The van der Waals surface area contributed by atoms with Crippen LogP contribution in [0.15, 0.2) is 72.9 Å². The third kappa shape index (κ3) is 7.78. The lowest BCUT2D eigenvalue weighted by atomic mass is 10.0. The summed E-state index contributed by atoms with van der Waals surface area (Å²) in [4.78, 5) is 30.0. The van der Waals surface area contributed by atoms with E-state index in [1.54, 1.807) is 6.92 Å². The molecule has 1 amide bonds. The predicted molar refractivity (Wildman–Crippen MR) is 145 cm³/mol. The quantitative estimate of drug-likeness (QED) is 0.386. The molecule has 2 N–H and O–H groups in total. The highest BCUT2D eigenvalue weighted by Crippen LogP contribution is 2.27. The van der Waals surface area contributed by atoms with Gasteiger partial charge in [0.15, 0.2) is 23.2 Å². The van der Waals surface area contributed by atoms with Crippen LogP contribution < -0.4 is 10.1 Å². The first-order valence-electron chi connectivity index (χ1n) is 13.1. The number of carbonyl (C=O) groups excluding carboxylic acids is 2. The van der Waals surface area contributed by atoms with Gasteiger partial charge in [0.1, 0.15) is 12.2 Å². The summed E-state index contributed by atoms with van der Waals surface area (Å²) in [5.41, 5.74) is 1.69. The van der Waals surface area contributed by atoms with Crippen LogP contribution >= 0.6 is 0 Å². The number of esters is 1. The smallest absolute Gasteiger partial charge is 0.331 e. The molecule has 0 radical (unpaired) electrons. The van der Waals surface area contributed by atoms with E-state index in [0.29, 0.717) is 19.6 Å². The highest BCUT2D eigenvalue weighted by Gasteiger charge is 2.35. The summed E-state index contributed by atoms with van der Waals surface area (Å²) in [7, 11) is 1.36. The van der Waals surface area contributed by atoms with Gasteiger partial charge in [-0.25, -0.2) is 9.78 Å². The summed E-state index contributed by atoms with van der Waals surface area (Å²) in [5.74, 6) is -1.83. The van der Waals surface area contributed by atoms with Gasteiger partial charge >= 0.3 is 5.97 Å². The second-order valence-electron chi connectivity index (χ2n) is 9.34. The Kier molecular flexibility index (Phi) is 10.4. The SMILES string of the molecule is COc1ccnc(C(=O)N[C@H]2COCC[C@H](OCc3ccccc3)[C@@H](OCc3ccccc3)[C@H](C)OC2=O)c1O. The van der Waals surface area contributed by atoms with Crippen LogP contribution in [0.4, 0.5) is 0 Å². The van der Waals surface area contributed by atoms with Crippen LogP contribution in [0.2, 0.25) is 0 Å². The molecule has 1 aromatic heterocycles. The highest BCUT2D eigenvalue weighted by atomic mass is 16.6. The minimum absolute atomic E-state index is 0.0819. The number of aromatic hydroxyl groups is 1. The number of amides is 1. The fraction of sp³-hybridized carbons (Fsp3) is 0.367. The molecule has 1 aliphatic rings. The Morgan fingerprint density at radius 3 is 2.33 bits per heavy atom. The fourth-order valence-corrected chi connectivity index (χ4v) is 4.33. The van der Waals surface area contributed by atoms with E-state index in [2.05, 4.69) is 10.3 Å². The molecular weight excluding hydrogens is 516 g/mol. The number of methoxy groups -OCH3 is 1. The molecule has 1 saturated heterocycles. The maximum Gasteiger partial charge on any atom is 0.331 e. The van der Waals surface area contributed by atoms with Crippen molar-refractivity contribution in [3.8, 4) is 11.5 Å². The summed E-state index contributed by atoms with van der Waals surface area (Å²) in [5, 5.41) is 12.9. The van der Waals surface area contributed by atoms with Crippen molar-refractivity contribution in [1.29, 1.82) is 0 Å². The Morgan fingerprint density at radius 2 is 1.68 bits per heavy atom. The van der Waals surface area contributed by atoms with Crippen molar-refractivity contribution in [2.75, 3.05) is 20.3 Å². The van der Waals surface area contributed by atoms with Crippen LogP contribution in [-0.4, -0.2) is 66.6 Å². The molecule has 3 aromatic rings. The number of benzene rings is 2. The summed E-state index contributed by atoms with van der Waals surface area (Å²) in [6.07, 6.45) is 0.0262. The van der Waals surface area contributed by atoms with Gasteiger partial charge in [0, 0.05) is 18.9 Å². The van der Waals surface area contributed by atoms with E-state index in [4.69, 9.17) is 23.7 Å². The maximum atomic E-state index is 13.2. The van der Waals surface area contributed by atoms with Crippen LogP contribution in [-0.2, 0) is 37.0 Å². The average Bonchev–Trinajstić information content (AvgIpc) is 2.97. The van der Waals surface area contributed by atoms with Crippen molar-refractivity contribution in [3.05, 3.63) is 89.7 Å². The van der Waals surface area contributed by atoms with E-state index in [0.717, 1.165) is 11.1 Å². The minimum Gasteiger partial charge on any atom is -0.503 e. The van der Waals surface area contributed by atoms with Gasteiger partial charge in [-0.15, -0.1) is 0 Å². The topological polar surface area (TPSA) is 125 Å². The standard InChI is InChI=1S/C30H34N2O8/c1-20-28(39-18-22-11-7-4-8-12-22)25(38-17-21-9-5-3-6-10-21)14-16-37-19-23(30(35)40-20)32-29(34)26-27(33)24(36-2)13-15-31-26/h3-13,15,20,23,25,28,33H,14,16-19H2,1-2H3,(H,32,34)/t20-,23-,25-,28-/m0/s1. The van der Waals surface area contributed by atoms with Crippen molar-refractivity contribution in [3.63, 3.8) is 0 Å². The lowest BCUT2D eigenvalue weighted by Gasteiger charge is -2.33. The summed E-state index contributed by atoms with van der Waals surface area (Å²) in [6.45, 7) is 2.50. The lowest BCUT2D eigenvalue weighted by molar-refractivity contribution is -0.178. The molecule has 10 heteroatoms. The lowest BCUT2D eigenvalue weighted by Crippen LogP contribution is -2.50. The van der Waals surface area contributed by atoms with Gasteiger partial charge in [-0.2, -0.15) is 0 Å². The van der Waals surface area contributed by atoms with Crippen LogP contribution in [0, 0.1) is 0 Å². The monoisotopic (exact) mass is 550 g/mol. The normalized spacial score (nSPS) is 21.7. The molecule has 1 aliphatic heterocycles. The number of hydrogen-bond acceptors (Lipinski definition) is 9. The number of hydrogen-bond donors (Lipinski definition) is 2. The zero-order chi connectivity index (χ0) is 28.3. The van der Waals surface area contributed by atoms with Crippen molar-refractivity contribution in [2.24, 2.45) is 0 Å². The molecule has 0 spiro atoms. The number of pyridine rings is 1. The van der Waals surface area contributed by atoms with Crippen molar-refractivity contribution in [1.82, 2.24) is 10.3 Å². The first-order valence-corrected chi connectivity index (χ1v) is 13.1. The molecule has 0 bridgehead atoms. The van der Waals surface area contributed by atoms with Gasteiger partial charge in [-0.1, -0.05) is 60.7 Å². The number of ether oxygens (including phenoxy) is 5. The van der Waals surface area contributed by atoms with Gasteiger partial charge in [0.05, 0.1) is 33.0 Å². The number of aromatic nitrogens is 1. The first-order chi connectivity index (χ1) is 19.5. The Hall–Kier alpha value is -3.99. The van der Waals surface area contributed by atoms with Gasteiger partial charge in [-0.05, 0) is 24.5 Å². The van der Waals surface area contributed by atoms with Crippen molar-refractivity contribution in [2.45, 2.75) is 50.9 Å². The number of nitrogens with one attached hydrogen (secondary N) is 1. The van der Waals surface area contributed by atoms with Gasteiger partial charge in [0.25, 0.3) is 5.91 Å². The van der Waals surface area contributed by atoms with Crippen LogP contribution in [0.5, 0.6) is 11.5 Å². The van der Waals surface area contributed by atoms with Gasteiger partial charge in [-0.3, -0.25) is 4.79 Å². The Labute approximate surface area is 233 Å². The van der Waals surface area contributed by atoms with Crippen molar-refractivity contribution < 1.29 is 38.4 Å². The summed E-state index contributed by atoms with van der Waals surface area (Å²) in [6, 6.07) is 19.7.